The number of hydrogen-bond donors (Lipinski definition) is 3. The van der Waals surface area contributed by atoms with Crippen LogP contribution in [0.4, 0.5) is 0 Å². The molecule has 1 saturated carbocycles. The van der Waals surface area contributed by atoms with E-state index in [1.165, 1.54) is 42.8 Å². The second-order valence-corrected chi connectivity index (χ2v) is 8.20. The third-order valence-corrected chi connectivity index (χ3v) is 5.98. The minimum absolute atomic E-state index is 0. The molecule has 1 saturated heterocycles. The fourth-order valence-electron chi connectivity index (χ4n) is 3.46. The van der Waals surface area contributed by atoms with Crippen LogP contribution in [-0.2, 0) is 15.0 Å². The molecule has 142 valence electrons. The minimum atomic E-state index is -3.62. The summed E-state index contributed by atoms with van der Waals surface area (Å²) < 4.78 is 23.7. The van der Waals surface area contributed by atoms with E-state index in [9.17, 15) is 13.2 Å². The molecule has 4 N–H and O–H groups in total. The summed E-state index contributed by atoms with van der Waals surface area (Å²) in [4.78, 5) is 12.1. The summed E-state index contributed by atoms with van der Waals surface area (Å²) in [6.45, 7) is 2.09. The molecule has 0 spiro atoms. The molecule has 0 bridgehead atoms. The maximum atomic E-state index is 12.1. The molecule has 2 aliphatic rings. The lowest BCUT2D eigenvalue weighted by atomic mass is 9.97. The van der Waals surface area contributed by atoms with E-state index >= 15 is 0 Å². The third-order valence-electron chi connectivity index (χ3n) is 4.90. The van der Waals surface area contributed by atoms with Gasteiger partial charge in [0.15, 0.2) is 0 Å². The molecule has 2 rings (SSSR count). The number of carbonyl (C=O) groups excluding carboxylic acids is 1. The lowest BCUT2D eigenvalue weighted by Gasteiger charge is -2.29. The van der Waals surface area contributed by atoms with Crippen molar-refractivity contribution in [3.05, 3.63) is 0 Å². The number of nitrogens with two attached hydrogens (primary N) is 1. The Bertz CT molecular complexity index is 473. The standard InChI is InChI=1S/C15H30N4O3S.ClH/c16-23(21,22)19-11-7-13(8-12-19)15(20)18-10-9-17-14-5-3-1-2-4-6-14;/h13-14,17H,1-12H2,(H,18,20)(H2,16,21,22);1H. The fraction of sp³-hybridized carbons (Fsp3) is 0.933. The highest BCUT2D eigenvalue weighted by Crippen LogP contribution is 2.19. The number of rotatable bonds is 6. The summed E-state index contributed by atoms with van der Waals surface area (Å²) in [5.74, 6) is -0.0763. The number of hydrogen-bond acceptors (Lipinski definition) is 4. The molecular weight excluding hydrogens is 352 g/mol. The van der Waals surface area contributed by atoms with Gasteiger partial charge >= 0.3 is 0 Å². The van der Waals surface area contributed by atoms with Gasteiger partial charge in [-0.05, 0) is 25.7 Å². The van der Waals surface area contributed by atoms with Crippen LogP contribution in [0.15, 0.2) is 0 Å². The van der Waals surface area contributed by atoms with Crippen LogP contribution in [0.5, 0.6) is 0 Å². The summed E-state index contributed by atoms with van der Waals surface area (Å²) in [6, 6.07) is 0.590. The predicted molar refractivity (Wildman–Crippen MR) is 97.2 cm³/mol. The Morgan fingerprint density at radius 3 is 2.12 bits per heavy atom. The Labute approximate surface area is 151 Å². The molecule has 1 heterocycles. The van der Waals surface area contributed by atoms with Gasteiger partial charge in [-0.1, -0.05) is 25.7 Å². The van der Waals surface area contributed by atoms with Crippen molar-refractivity contribution >= 4 is 28.5 Å². The molecule has 24 heavy (non-hydrogen) atoms. The quantitative estimate of drug-likeness (QED) is 0.465. The Morgan fingerprint density at radius 1 is 1.00 bits per heavy atom. The van der Waals surface area contributed by atoms with Crippen LogP contribution >= 0.6 is 12.4 Å². The maximum Gasteiger partial charge on any atom is 0.276 e. The van der Waals surface area contributed by atoms with E-state index in [1.807, 2.05) is 0 Å². The lowest BCUT2D eigenvalue weighted by Crippen LogP contribution is -2.46. The molecule has 0 unspecified atom stereocenters. The van der Waals surface area contributed by atoms with Gasteiger partial charge in [-0.25, -0.2) is 5.14 Å². The number of nitrogens with zero attached hydrogens (tertiary/aromatic N) is 1. The average Bonchev–Trinajstić information content (AvgIpc) is 2.79. The molecule has 0 aromatic rings. The van der Waals surface area contributed by atoms with Crippen LogP contribution < -0.4 is 15.8 Å². The van der Waals surface area contributed by atoms with Crippen molar-refractivity contribution in [2.75, 3.05) is 26.2 Å². The van der Waals surface area contributed by atoms with Crippen molar-refractivity contribution < 1.29 is 13.2 Å². The second kappa shape index (κ2) is 10.6. The summed E-state index contributed by atoms with van der Waals surface area (Å²) >= 11 is 0. The molecule has 7 nitrogen and oxygen atoms in total. The van der Waals surface area contributed by atoms with Gasteiger partial charge in [-0.2, -0.15) is 12.7 Å². The zero-order chi connectivity index (χ0) is 16.7. The van der Waals surface area contributed by atoms with Crippen molar-refractivity contribution in [1.29, 1.82) is 0 Å². The smallest absolute Gasteiger partial charge is 0.276 e. The lowest BCUT2D eigenvalue weighted by molar-refractivity contribution is -0.126. The first kappa shape index (κ1) is 21.6. The molecule has 0 radical (unpaired) electrons. The van der Waals surface area contributed by atoms with Gasteiger partial charge in [0, 0.05) is 38.1 Å². The predicted octanol–water partition coefficient (Wildman–Crippen LogP) is 0.752. The molecule has 1 aliphatic carbocycles. The van der Waals surface area contributed by atoms with Gasteiger partial charge in [0.25, 0.3) is 10.2 Å². The summed E-state index contributed by atoms with van der Waals surface area (Å²) in [6.07, 6.45) is 8.83. The molecule has 2 fully saturated rings. The van der Waals surface area contributed by atoms with Gasteiger partial charge in [-0.3, -0.25) is 4.79 Å². The average molecular weight is 383 g/mol. The molecule has 0 aromatic heterocycles. The molecule has 1 amide bonds. The minimum Gasteiger partial charge on any atom is -0.355 e. The monoisotopic (exact) mass is 382 g/mol. The van der Waals surface area contributed by atoms with Gasteiger partial charge in [0.2, 0.25) is 5.91 Å². The zero-order valence-corrected chi connectivity index (χ0v) is 15.8. The van der Waals surface area contributed by atoms with Gasteiger partial charge in [-0.15, -0.1) is 12.4 Å². The van der Waals surface area contributed by atoms with Crippen molar-refractivity contribution in [3.63, 3.8) is 0 Å². The van der Waals surface area contributed by atoms with Crippen LogP contribution in [0, 0.1) is 5.92 Å². The van der Waals surface area contributed by atoms with Crippen LogP contribution in [0.2, 0.25) is 0 Å². The van der Waals surface area contributed by atoms with E-state index < -0.39 is 10.2 Å². The number of carbonyl (C=O) groups is 1. The van der Waals surface area contributed by atoms with Crippen LogP contribution in [-0.4, -0.2) is 50.9 Å². The van der Waals surface area contributed by atoms with Crippen molar-refractivity contribution in [1.82, 2.24) is 14.9 Å². The van der Waals surface area contributed by atoms with E-state index in [4.69, 9.17) is 5.14 Å². The van der Waals surface area contributed by atoms with Gasteiger partial charge in [0.1, 0.15) is 0 Å². The highest BCUT2D eigenvalue weighted by atomic mass is 35.5. The van der Waals surface area contributed by atoms with E-state index in [0.717, 1.165) is 6.54 Å². The fourth-order valence-corrected chi connectivity index (χ4v) is 4.18. The molecule has 0 atom stereocenters. The normalized spacial score (nSPS) is 21.7. The number of amides is 1. The molecular formula is C15H31ClN4O3S. The van der Waals surface area contributed by atoms with E-state index in [1.54, 1.807) is 0 Å². The first-order valence-corrected chi connectivity index (χ1v) is 10.3. The Hall–Kier alpha value is -0.410. The van der Waals surface area contributed by atoms with Gasteiger partial charge < -0.3 is 10.6 Å². The largest absolute Gasteiger partial charge is 0.355 e. The number of piperidine rings is 1. The van der Waals surface area contributed by atoms with Gasteiger partial charge in [0.05, 0.1) is 0 Å². The maximum absolute atomic E-state index is 12.1. The topological polar surface area (TPSA) is 105 Å². The highest BCUT2D eigenvalue weighted by molar-refractivity contribution is 7.86. The first-order valence-electron chi connectivity index (χ1n) is 8.76. The molecule has 0 aromatic carbocycles. The summed E-state index contributed by atoms with van der Waals surface area (Å²) in [5, 5.41) is 11.6. The Morgan fingerprint density at radius 2 is 1.58 bits per heavy atom. The molecule has 1 aliphatic heterocycles. The third kappa shape index (κ3) is 7.23. The molecule has 9 heteroatoms. The second-order valence-electron chi connectivity index (χ2n) is 6.65. The number of nitrogens with one attached hydrogen (secondary N) is 2. The van der Waals surface area contributed by atoms with Crippen LogP contribution in [0.25, 0.3) is 0 Å². The number of halogens is 1. The van der Waals surface area contributed by atoms with Crippen molar-refractivity contribution in [2.45, 2.75) is 57.4 Å². The Kier molecular flexibility index (Phi) is 9.51. The van der Waals surface area contributed by atoms with Crippen LogP contribution in [0.3, 0.4) is 0 Å². The van der Waals surface area contributed by atoms with Crippen molar-refractivity contribution in [3.8, 4) is 0 Å². The zero-order valence-electron chi connectivity index (χ0n) is 14.2. The van der Waals surface area contributed by atoms with E-state index in [0.29, 0.717) is 38.5 Å². The van der Waals surface area contributed by atoms with Crippen molar-refractivity contribution in [2.24, 2.45) is 11.1 Å². The Balaban J connectivity index is 0.00000288. The highest BCUT2D eigenvalue weighted by Gasteiger charge is 2.29. The first-order chi connectivity index (χ1) is 11.0. The summed E-state index contributed by atoms with van der Waals surface area (Å²) in [5.41, 5.74) is 0. The summed E-state index contributed by atoms with van der Waals surface area (Å²) in [7, 11) is -3.62. The van der Waals surface area contributed by atoms with Crippen LogP contribution in [0.1, 0.15) is 51.4 Å². The SMILES string of the molecule is Cl.NS(=O)(=O)N1CCC(C(=O)NCCNC2CCCCCC2)CC1. The van der Waals surface area contributed by atoms with E-state index in [2.05, 4.69) is 10.6 Å². The van der Waals surface area contributed by atoms with E-state index in [-0.39, 0.29) is 24.2 Å².